The number of carbonyl (C=O) groups excluding carboxylic acids is 1. The number of unbranched alkanes of at least 4 members (excludes halogenated alkanes) is 3. The molecule has 0 rings (SSSR count). The Morgan fingerprint density at radius 1 is 1.05 bits per heavy atom. The molecule has 114 valence electrons. The van der Waals surface area contributed by atoms with Crippen LogP contribution in [0.3, 0.4) is 0 Å². The Morgan fingerprint density at radius 2 is 1.63 bits per heavy atom. The van der Waals surface area contributed by atoms with Gasteiger partial charge in [0.05, 0.1) is 6.04 Å². The van der Waals surface area contributed by atoms with Crippen LogP contribution in [0.2, 0.25) is 0 Å². The van der Waals surface area contributed by atoms with E-state index in [1.807, 2.05) is 0 Å². The second kappa shape index (κ2) is 10.4. The fourth-order valence-corrected chi connectivity index (χ4v) is 2.81. The number of hydrogen-bond donors (Lipinski definition) is 2. The van der Waals surface area contributed by atoms with Crippen molar-refractivity contribution < 1.29 is 10.0 Å². The van der Waals surface area contributed by atoms with Crippen LogP contribution in [0.5, 0.6) is 0 Å². The van der Waals surface area contributed by atoms with Crippen LogP contribution < -0.4 is 5.48 Å². The van der Waals surface area contributed by atoms with Crippen molar-refractivity contribution in [1.29, 1.82) is 0 Å². The normalized spacial score (nSPS) is 13.5. The number of nitrogens with one attached hydrogen (secondary N) is 1. The fourth-order valence-electron chi connectivity index (χ4n) is 2.81. The Hall–Kier alpha value is -0.410. The summed E-state index contributed by atoms with van der Waals surface area (Å²) >= 11 is 0. The second-order valence-corrected chi connectivity index (χ2v) is 5.63. The van der Waals surface area contributed by atoms with Crippen LogP contribution in [0.25, 0.3) is 0 Å². The molecule has 0 heterocycles. The molecule has 19 heavy (non-hydrogen) atoms. The van der Waals surface area contributed by atoms with E-state index in [1.165, 1.54) is 0 Å². The lowest BCUT2D eigenvalue weighted by Crippen LogP contribution is -2.45. The molecule has 1 unspecified atom stereocenters. The molecule has 0 aromatic heterocycles. The molecule has 0 aromatic carbocycles. The molecule has 0 fully saturated rings. The summed E-state index contributed by atoms with van der Waals surface area (Å²) in [5.74, 6) is 0.213. The smallest absolute Gasteiger partial charge is 0.158 e. The molecular formula is C16H33NO2. The molecule has 0 aliphatic heterocycles. The van der Waals surface area contributed by atoms with Crippen molar-refractivity contribution >= 4 is 5.78 Å². The Morgan fingerprint density at radius 3 is 2.05 bits per heavy atom. The zero-order valence-electron chi connectivity index (χ0n) is 13.3. The largest absolute Gasteiger partial charge is 0.316 e. The van der Waals surface area contributed by atoms with Gasteiger partial charge in [0.25, 0.3) is 0 Å². The van der Waals surface area contributed by atoms with Crippen LogP contribution in [0.15, 0.2) is 0 Å². The van der Waals surface area contributed by atoms with Crippen LogP contribution in [0.4, 0.5) is 0 Å². The lowest BCUT2D eigenvalue weighted by atomic mass is 9.71. The van der Waals surface area contributed by atoms with E-state index >= 15 is 0 Å². The maximum absolute atomic E-state index is 12.7. The van der Waals surface area contributed by atoms with E-state index in [9.17, 15) is 10.0 Å². The maximum atomic E-state index is 12.7. The van der Waals surface area contributed by atoms with Gasteiger partial charge >= 0.3 is 0 Å². The van der Waals surface area contributed by atoms with Gasteiger partial charge in [-0.2, -0.15) is 5.48 Å². The molecule has 0 spiro atoms. The van der Waals surface area contributed by atoms with Crippen molar-refractivity contribution in [2.45, 2.75) is 91.5 Å². The monoisotopic (exact) mass is 271 g/mol. The number of carbonyl (C=O) groups is 1. The molecule has 3 nitrogen and oxygen atoms in total. The average molecular weight is 271 g/mol. The SMILES string of the molecule is CCCCCC(NO)C(=O)C(CC)(CC)CCCC. The first-order chi connectivity index (χ1) is 9.11. The molecule has 2 N–H and O–H groups in total. The summed E-state index contributed by atoms with van der Waals surface area (Å²) < 4.78 is 0. The molecule has 0 aliphatic rings. The predicted octanol–water partition coefficient (Wildman–Crippen LogP) is 4.48. The van der Waals surface area contributed by atoms with Crippen molar-refractivity contribution in [2.24, 2.45) is 5.41 Å². The van der Waals surface area contributed by atoms with Crippen molar-refractivity contribution in [1.82, 2.24) is 5.48 Å². The van der Waals surface area contributed by atoms with Crippen molar-refractivity contribution in [3.63, 3.8) is 0 Å². The summed E-state index contributed by atoms with van der Waals surface area (Å²) in [6, 6.07) is -0.386. The Labute approximate surface area is 119 Å². The minimum atomic E-state index is -0.386. The lowest BCUT2D eigenvalue weighted by molar-refractivity contribution is -0.135. The van der Waals surface area contributed by atoms with E-state index in [4.69, 9.17) is 0 Å². The zero-order valence-corrected chi connectivity index (χ0v) is 13.3. The van der Waals surface area contributed by atoms with E-state index in [-0.39, 0.29) is 17.2 Å². The molecule has 0 saturated carbocycles. The Balaban J connectivity index is 4.72. The Bertz CT molecular complexity index is 237. The second-order valence-electron chi connectivity index (χ2n) is 5.63. The summed E-state index contributed by atoms with van der Waals surface area (Å²) in [4.78, 5) is 12.7. The van der Waals surface area contributed by atoms with Gasteiger partial charge in [0.2, 0.25) is 0 Å². The maximum Gasteiger partial charge on any atom is 0.158 e. The van der Waals surface area contributed by atoms with Gasteiger partial charge < -0.3 is 5.21 Å². The molecule has 0 bridgehead atoms. The van der Waals surface area contributed by atoms with E-state index in [0.29, 0.717) is 0 Å². The summed E-state index contributed by atoms with van der Waals surface area (Å²) in [5.41, 5.74) is 2.01. The molecule has 0 radical (unpaired) electrons. The predicted molar refractivity (Wildman–Crippen MR) is 80.4 cm³/mol. The van der Waals surface area contributed by atoms with Crippen LogP contribution in [0, 0.1) is 5.41 Å². The van der Waals surface area contributed by atoms with Gasteiger partial charge in [-0.1, -0.05) is 59.8 Å². The highest BCUT2D eigenvalue weighted by molar-refractivity contribution is 5.89. The molecule has 1 atom stereocenters. The lowest BCUT2D eigenvalue weighted by Gasteiger charge is -2.33. The van der Waals surface area contributed by atoms with Crippen molar-refractivity contribution in [2.75, 3.05) is 0 Å². The third-order valence-electron chi connectivity index (χ3n) is 4.45. The number of ketones is 1. The third kappa shape index (κ3) is 5.62. The van der Waals surface area contributed by atoms with Crippen LogP contribution >= 0.6 is 0 Å². The van der Waals surface area contributed by atoms with Gasteiger partial charge in [0, 0.05) is 5.41 Å². The number of Topliss-reactive ketones (excluding diaryl/α,β-unsaturated/α-hetero) is 1. The molecule has 0 aromatic rings. The highest BCUT2D eigenvalue weighted by atomic mass is 16.5. The van der Waals surface area contributed by atoms with E-state index in [0.717, 1.165) is 57.8 Å². The quantitative estimate of drug-likeness (QED) is 0.406. The van der Waals surface area contributed by atoms with E-state index < -0.39 is 0 Å². The molecule has 0 amide bonds. The molecule has 3 heteroatoms. The molecule has 0 aliphatic carbocycles. The number of hydrogen-bond acceptors (Lipinski definition) is 3. The average Bonchev–Trinajstić information content (AvgIpc) is 2.45. The molecular weight excluding hydrogens is 238 g/mol. The first kappa shape index (κ1) is 18.6. The highest BCUT2D eigenvalue weighted by Crippen LogP contribution is 2.35. The third-order valence-corrected chi connectivity index (χ3v) is 4.45. The van der Waals surface area contributed by atoms with Crippen molar-refractivity contribution in [3.8, 4) is 0 Å². The van der Waals surface area contributed by atoms with Gasteiger partial charge in [-0.15, -0.1) is 0 Å². The van der Waals surface area contributed by atoms with E-state index in [1.54, 1.807) is 0 Å². The topological polar surface area (TPSA) is 49.3 Å². The first-order valence-electron chi connectivity index (χ1n) is 8.05. The number of hydroxylamine groups is 1. The van der Waals surface area contributed by atoms with Crippen LogP contribution in [0.1, 0.15) is 85.5 Å². The van der Waals surface area contributed by atoms with E-state index in [2.05, 4.69) is 33.2 Å². The van der Waals surface area contributed by atoms with Gasteiger partial charge in [0.1, 0.15) is 0 Å². The minimum absolute atomic E-state index is 0.213. The summed E-state index contributed by atoms with van der Waals surface area (Å²) in [6.07, 6.45) is 8.88. The molecule has 0 saturated heterocycles. The van der Waals surface area contributed by atoms with Gasteiger partial charge in [-0.3, -0.25) is 4.79 Å². The van der Waals surface area contributed by atoms with Crippen molar-refractivity contribution in [3.05, 3.63) is 0 Å². The summed E-state index contributed by atoms with van der Waals surface area (Å²) in [7, 11) is 0. The fraction of sp³-hybridized carbons (Fsp3) is 0.938. The standard InChI is InChI=1S/C16H33NO2/c1-5-9-11-12-14(17-19)15(18)16(7-3,8-4)13-10-6-2/h14,17,19H,5-13H2,1-4H3. The zero-order chi connectivity index (χ0) is 14.7. The number of rotatable bonds is 12. The summed E-state index contributed by atoms with van der Waals surface area (Å²) in [6.45, 7) is 8.49. The van der Waals surface area contributed by atoms with Crippen LogP contribution in [-0.4, -0.2) is 17.0 Å². The van der Waals surface area contributed by atoms with Gasteiger partial charge in [-0.25, -0.2) is 0 Å². The minimum Gasteiger partial charge on any atom is -0.316 e. The summed E-state index contributed by atoms with van der Waals surface area (Å²) in [5, 5.41) is 9.30. The van der Waals surface area contributed by atoms with Gasteiger partial charge in [0.15, 0.2) is 5.78 Å². The Kier molecular flexibility index (Phi) is 10.2. The van der Waals surface area contributed by atoms with Gasteiger partial charge in [-0.05, 0) is 25.7 Å². The highest BCUT2D eigenvalue weighted by Gasteiger charge is 2.37. The van der Waals surface area contributed by atoms with Crippen LogP contribution in [-0.2, 0) is 4.79 Å². The first-order valence-corrected chi connectivity index (χ1v) is 8.05.